The van der Waals surface area contributed by atoms with E-state index in [4.69, 9.17) is 5.11 Å². The van der Waals surface area contributed by atoms with Crippen molar-refractivity contribution in [1.82, 2.24) is 4.98 Å². The minimum atomic E-state index is -0.129. The molecule has 1 heterocycles. The lowest BCUT2D eigenvalue weighted by Gasteiger charge is -2.22. The standard InChI is InChI=1S/C12H21N3O/c1-4-13-10-6-5-7-11(15-10)14-8-12(2,3)9-16/h5-7,16H,4,8-9H2,1-3H3,(H2,13,14,15). The van der Waals surface area contributed by atoms with Gasteiger partial charge in [-0.05, 0) is 19.1 Å². The van der Waals surface area contributed by atoms with Crippen molar-refractivity contribution < 1.29 is 5.11 Å². The maximum absolute atomic E-state index is 9.14. The van der Waals surface area contributed by atoms with Gasteiger partial charge in [-0.15, -0.1) is 0 Å². The summed E-state index contributed by atoms with van der Waals surface area (Å²) in [6.45, 7) is 7.77. The Morgan fingerprint density at radius 3 is 2.44 bits per heavy atom. The highest BCUT2D eigenvalue weighted by molar-refractivity contribution is 5.45. The number of hydrogen-bond acceptors (Lipinski definition) is 4. The molecule has 0 aromatic carbocycles. The first-order chi connectivity index (χ1) is 7.57. The van der Waals surface area contributed by atoms with Crippen LogP contribution in [0.2, 0.25) is 0 Å². The summed E-state index contributed by atoms with van der Waals surface area (Å²) in [7, 11) is 0. The van der Waals surface area contributed by atoms with Gasteiger partial charge < -0.3 is 15.7 Å². The van der Waals surface area contributed by atoms with Crippen LogP contribution in [0, 0.1) is 5.41 Å². The molecule has 4 heteroatoms. The number of nitrogens with one attached hydrogen (secondary N) is 2. The van der Waals surface area contributed by atoms with E-state index in [1.807, 2.05) is 39.0 Å². The van der Waals surface area contributed by atoms with E-state index in [0.717, 1.165) is 18.2 Å². The van der Waals surface area contributed by atoms with Gasteiger partial charge in [0.15, 0.2) is 0 Å². The van der Waals surface area contributed by atoms with Crippen LogP contribution in [0.15, 0.2) is 18.2 Å². The second-order valence-corrected chi connectivity index (χ2v) is 4.61. The van der Waals surface area contributed by atoms with E-state index in [9.17, 15) is 0 Å². The predicted octanol–water partition coefficient (Wildman–Crippen LogP) is 1.94. The normalized spacial score (nSPS) is 11.2. The molecule has 90 valence electrons. The maximum Gasteiger partial charge on any atom is 0.128 e. The van der Waals surface area contributed by atoms with Crippen molar-refractivity contribution in [1.29, 1.82) is 0 Å². The molecular formula is C12H21N3O. The zero-order valence-corrected chi connectivity index (χ0v) is 10.2. The summed E-state index contributed by atoms with van der Waals surface area (Å²) < 4.78 is 0. The molecule has 1 rings (SSSR count). The number of anilines is 2. The molecule has 0 saturated carbocycles. The molecule has 16 heavy (non-hydrogen) atoms. The molecule has 1 aromatic rings. The van der Waals surface area contributed by atoms with E-state index in [2.05, 4.69) is 15.6 Å². The molecule has 0 bridgehead atoms. The molecule has 0 saturated heterocycles. The van der Waals surface area contributed by atoms with Crippen molar-refractivity contribution in [3.63, 3.8) is 0 Å². The minimum absolute atomic E-state index is 0.129. The Labute approximate surface area is 97.1 Å². The molecule has 0 atom stereocenters. The Kier molecular flexibility index (Phi) is 4.55. The molecular weight excluding hydrogens is 202 g/mol. The minimum Gasteiger partial charge on any atom is -0.396 e. The van der Waals surface area contributed by atoms with E-state index in [1.54, 1.807) is 0 Å². The average Bonchev–Trinajstić information content (AvgIpc) is 2.28. The molecule has 0 radical (unpaired) electrons. The molecule has 0 aliphatic carbocycles. The number of rotatable bonds is 6. The van der Waals surface area contributed by atoms with Gasteiger partial charge in [0.2, 0.25) is 0 Å². The first kappa shape index (κ1) is 12.8. The molecule has 0 aliphatic rings. The monoisotopic (exact) mass is 223 g/mol. The van der Waals surface area contributed by atoms with Crippen LogP contribution in [-0.4, -0.2) is 29.8 Å². The Morgan fingerprint density at radius 2 is 1.88 bits per heavy atom. The van der Waals surface area contributed by atoms with E-state index < -0.39 is 0 Å². The van der Waals surface area contributed by atoms with Gasteiger partial charge in [0.05, 0.1) is 0 Å². The third-order valence-electron chi connectivity index (χ3n) is 2.28. The third kappa shape index (κ3) is 4.06. The predicted molar refractivity (Wildman–Crippen MR) is 67.8 cm³/mol. The van der Waals surface area contributed by atoms with Crippen LogP contribution in [0.5, 0.6) is 0 Å². The second kappa shape index (κ2) is 5.70. The molecule has 0 spiro atoms. The van der Waals surface area contributed by atoms with E-state index in [1.165, 1.54) is 0 Å². The summed E-state index contributed by atoms with van der Waals surface area (Å²) in [6.07, 6.45) is 0. The van der Waals surface area contributed by atoms with Crippen molar-refractivity contribution in [2.75, 3.05) is 30.3 Å². The lowest BCUT2D eigenvalue weighted by molar-refractivity contribution is 0.170. The summed E-state index contributed by atoms with van der Waals surface area (Å²) >= 11 is 0. The van der Waals surface area contributed by atoms with Crippen LogP contribution < -0.4 is 10.6 Å². The Hall–Kier alpha value is -1.29. The summed E-state index contributed by atoms with van der Waals surface area (Å²) in [5, 5.41) is 15.5. The van der Waals surface area contributed by atoms with Crippen molar-refractivity contribution in [2.24, 2.45) is 5.41 Å². The smallest absolute Gasteiger partial charge is 0.128 e. The molecule has 0 amide bonds. The largest absolute Gasteiger partial charge is 0.396 e. The van der Waals surface area contributed by atoms with Crippen LogP contribution >= 0.6 is 0 Å². The highest BCUT2D eigenvalue weighted by Crippen LogP contribution is 2.15. The highest BCUT2D eigenvalue weighted by atomic mass is 16.3. The fraction of sp³-hybridized carbons (Fsp3) is 0.583. The van der Waals surface area contributed by atoms with Gasteiger partial charge in [0.25, 0.3) is 0 Å². The van der Waals surface area contributed by atoms with Crippen LogP contribution in [0.3, 0.4) is 0 Å². The van der Waals surface area contributed by atoms with Gasteiger partial charge in [-0.25, -0.2) is 4.98 Å². The van der Waals surface area contributed by atoms with Gasteiger partial charge in [-0.1, -0.05) is 19.9 Å². The zero-order chi connectivity index (χ0) is 12.0. The van der Waals surface area contributed by atoms with Crippen LogP contribution in [0.25, 0.3) is 0 Å². The number of hydrogen-bond donors (Lipinski definition) is 3. The Bertz CT molecular complexity index is 326. The van der Waals surface area contributed by atoms with Crippen LogP contribution in [0.4, 0.5) is 11.6 Å². The summed E-state index contributed by atoms with van der Waals surface area (Å²) in [5.74, 6) is 1.70. The van der Waals surface area contributed by atoms with Crippen LogP contribution in [0.1, 0.15) is 20.8 Å². The first-order valence-electron chi connectivity index (χ1n) is 5.63. The molecule has 4 nitrogen and oxygen atoms in total. The topological polar surface area (TPSA) is 57.2 Å². The van der Waals surface area contributed by atoms with Gasteiger partial charge in [-0.2, -0.15) is 0 Å². The number of nitrogens with zero attached hydrogens (tertiary/aromatic N) is 1. The number of aromatic nitrogens is 1. The first-order valence-corrected chi connectivity index (χ1v) is 5.63. The molecule has 0 unspecified atom stereocenters. The highest BCUT2D eigenvalue weighted by Gasteiger charge is 2.15. The van der Waals surface area contributed by atoms with E-state index in [-0.39, 0.29) is 12.0 Å². The average molecular weight is 223 g/mol. The summed E-state index contributed by atoms with van der Waals surface area (Å²) in [4.78, 5) is 4.40. The van der Waals surface area contributed by atoms with E-state index >= 15 is 0 Å². The SMILES string of the molecule is CCNc1cccc(NCC(C)(C)CO)n1. The van der Waals surface area contributed by atoms with E-state index in [0.29, 0.717) is 6.54 Å². The summed E-state index contributed by atoms with van der Waals surface area (Å²) in [6, 6.07) is 5.82. The molecule has 1 aromatic heterocycles. The second-order valence-electron chi connectivity index (χ2n) is 4.61. The molecule has 0 aliphatic heterocycles. The maximum atomic E-state index is 9.14. The van der Waals surface area contributed by atoms with Gasteiger partial charge in [0, 0.05) is 25.1 Å². The van der Waals surface area contributed by atoms with Crippen molar-refractivity contribution in [3.05, 3.63) is 18.2 Å². The Balaban J connectivity index is 2.57. The number of aliphatic hydroxyl groups is 1. The lowest BCUT2D eigenvalue weighted by atomic mass is 9.95. The quantitative estimate of drug-likeness (QED) is 0.690. The van der Waals surface area contributed by atoms with Crippen molar-refractivity contribution >= 4 is 11.6 Å². The fourth-order valence-corrected chi connectivity index (χ4v) is 1.20. The lowest BCUT2D eigenvalue weighted by Crippen LogP contribution is -2.27. The van der Waals surface area contributed by atoms with Gasteiger partial charge in [-0.3, -0.25) is 0 Å². The van der Waals surface area contributed by atoms with Crippen LogP contribution in [-0.2, 0) is 0 Å². The van der Waals surface area contributed by atoms with Crippen molar-refractivity contribution in [2.45, 2.75) is 20.8 Å². The van der Waals surface area contributed by atoms with Gasteiger partial charge >= 0.3 is 0 Å². The zero-order valence-electron chi connectivity index (χ0n) is 10.2. The summed E-state index contributed by atoms with van der Waals surface area (Å²) in [5.41, 5.74) is -0.129. The molecule has 3 N–H and O–H groups in total. The van der Waals surface area contributed by atoms with Crippen molar-refractivity contribution in [3.8, 4) is 0 Å². The number of pyridine rings is 1. The Morgan fingerprint density at radius 1 is 1.25 bits per heavy atom. The molecule has 0 fully saturated rings. The van der Waals surface area contributed by atoms with Gasteiger partial charge in [0.1, 0.15) is 11.6 Å². The fourth-order valence-electron chi connectivity index (χ4n) is 1.20. The number of aliphatic hydroxyl groups excluding tert-OH is 1. The third-order valence-corrected chi connectivity index (χ3v) is 2.28.